The molecule has 0 spiro atoms. The molecule has 0 bridgehead atoms. The van der Waals surface area contributed by atoms with Crippen molar-refractivity contribution in [1.29, 1.82) is 0 Å². The van der Waals surface area contributed by atoms with Crippen LogP contribution in [0.15, 0.2) is 48.8 Å². The van der Waals surface area contributed by atoms with Gasteiger partial charge < -0.3 is 10.6 Å². The van der Waals surface area contributed by atoms with Gasteiger partial charge in [0.25, 0.3) is 5.91 Å². The number of carbonyl (C=O) groups is 1. The number of aromatic nitrogens is 3. The average Bonchev–Trinajstić information content (AvgIpc) is 2.64. The van der Waals surface area contributed by atoms with E-state index in [1.54, 1.807) is 25.4 Å². The zero-order chi connectivity index (χ0) is 18.5. The minimum absolute atomic E-state index is 0.266. The average molecular weight is 368 g/mol. The summed E-state index contributed by atoms with van der Waals surface area (Å²) in [6.07, 6.45) is 3.37. The molecule has 3 aromatic rings. The van der Waals surface area contributed by atoms with Gasteiger partial charge in [0.1, 0.15) is 17.3 Å². The lowest BCUT2D eigenvalue weighted by Crippen LogP contribution is -2.24. The molecule has 2 heterocycles. The highest BCUT2D eigenvalue weighted by molar-refractivity contribution is 6.31. The van der Waals surface area contributed by atoms with Crippen molar-refractivity contribution in [3.05, 3.63) is 76.5 Å². The molecule has 2 aromatic heterocycles. The number of nitrogens with one attached hydrogen (secondary N) is 2. The fraction of sp³-hybridized carbons (Fsp3) is 0.158. The fourth-order valence-electron chi connectivity index (χ4n) is 2.40. The van der Waals surface area contributed by atoms with Crippen LogP contribution < -0.4 is 10.6 Å². The summed E-state index contributed by atoms with van der Waals surface area (Å²) in [5.74, 6) is 0.777. The maximum Gasteiger partial charge on any atom is 0.270 e. The van der Waals surface area contributed by atoms with Gasteiger partial charge in [-0.15, -0.1) is 0 Å². The Bertz CT molecular complexity index is 930. The molecule has 0 aliphatic rings. The Kier molecular flexibility index (Phi) is 5.43. The molecule has 0 atom stereocenters. The molecule has 132 valence electrons. The number of hydrogen-bond donors (Lipinski definition) is 2. The van der Waals surface area contributed by atoms with Gasteiger partial charge >= 0.3 is 0 Å². The molecule has 1 amide bonds. The fourth-order valence-corrected chi connectivity index (χ4v) is 2.58. The lowest BCUT2D eigenvalue weighted by molar-refractivity contribution is 0.0945. The molecule has 6 nitrogen and oxygen atoms in total. The highest BCUT2D eigenvalue weighted by Gasteiger charge is 2.11. The van der Waals surface area contributed by atoms with Crippen molar-refractivity contribution in [2.24, 2.45) is 0 Å². The Morgan fingerprint density at radius 2 is 1.88 bits per heavy atom. The smallest absolute Gasteiger partial charge is 0.270 e. The van der Waals surface area contributed by atoms with Gasteiger partial charge in [0.15, 0.2) is 0 Å². The molecule has 0 aliphatic heterocycles. The predicted octanol–water partition coefficient (Wildman–Crippen LogP) is 3.82. The van der Waals surface area contributed by atoms with E-state index in [1.165, 1.54) is 0 Å². The minimum Gasteiger partial charge on any atom is -0.347 e. The van der Waals surface area contributed by atoms with Gasteiger partial charge in [-0.3, -0.25) is 9.78 Å². The summed E-state index contributed by atoms with van der Waals surface area (Å²) >= 11 is 6.15. The molecule has 7 heteroatoms. The van der Waals surface area contributed by atoms with Crippen LogP contribution in [0.5, 0.6) is 0 Å². The van der Waals surface area contributed by atoms with E-state index in [9.17, 15) is 4.79 Å². The minimum atomic E-state index is -0.266. The lowest BCUT2D eigenvalue weighted by Gasteiger charge is -2.12. The third-order valence-electron chi connectivity index (χ3n) is 3.80. The highest BCUT2D eigenvalue weighted by Crippen LogP contribution is 2.25. The number of halogens is 1. The largest absolute Gasteiger partial charge is 0.347 e. The van der Waals surface area contributed by atoms with Gasteiger partial charge in [0.05, 0.1) is 0 Å². The molecule has 0 saturated carbocycles. The van der Waals surface area contributed by atoms with E-state index in [4.69, 9.17) is 11.6 Å². The number of benzene rings is 1. The topological polar surface area (TPSA) is 79.8 Å². The Labute approximate surface area is 156 Å². The number of carbonyl (C=O) groups excluding carboxylic acids is 1. The van der Waals surface area contributed by atoms with Crippen LogP contribution in [-0.2, 0) is 6.54 Å². The summed E-state index contributed by atoms with van der Waals surface area (Å²) in [5.41, 5.74) is 3.01. The SMILES string of the molecule is Cc1nc(Nc2cccc(Cl)c2C)cc(C(=O)NCc2ccncc2)n1. The van der Waals surface area contributed by atoms with Crippen LogP contribution in [0.4, 0.5) is 11.5 Å². The van der Waals surface area contributed by atoms with Crippen LogP contribution in [0, 0.1) is 13.8 Å². The Balaban J connectivity index is 1.76. The normalized spacial score (nSPS) is 10.4. The summed E-state index contributed by atoms with van der Waals surface area (Å²) in [6, 6.07) is 10.9. The molecule has 0 radical (unpaired) electrons. The first-order valence-corrected chi connectivity index (χ1v) is 8.45. The van der Waals surface area contributed by atoms with E-state index >= 15 is 0 Å². The van der Waals surface area contributed by atoms with Gasteiger partial charge in [0, 0.05) is 35.7 Å². The van der Waals surface area contributed by atoms with E-state index in [1.807, 2.05) is 37.3 Å². The quantitative estimate of drug-likeness (QED) is 0.716. The molecule has 1 aromatic carbocycles. The van der Waals surface area contributed by atoms with Crippen molar-refractivity contribution in [3.8, 4) is 0 Å². The number of hydrogen-bond acceptors (Lipinski definition) is 5. The first kappa shape index (κ1) is 17.8. The van der Waals surface area contributed by atoms with Gasteiger partial charge in [-0.25, -0.2) is 9.97 Å². The molecule has 0 unspecified atom stereocenters. The molecular weight excluding hydrogens is 350 g/mol. The van der Waals surface area contributed by atoms with Gasteiger partial charge in [-0.05, 0) is 49.2 Å². The van der Waals surface area contributed by atoms with Crippen molar-refractivity contribution in [2.45, 2.75) is 20.4 Å². The van der Waals surface area contributed by atoms with Crippen LogP contribution in [0.25, 0.3) is 0 Å². The summed E-state index contributed by atoms with van der Waals surface area (Å²) in [5, 5.41) is 6.71. The molecule has 0 fully saturated rings. The van der Waals surface area contributed by atoms with E-state index in [2.05, 4.69) is 25.6 Å². The number of aryl methyl sites for hydroxylation is 1. The maximum atomic E-state index is 12.4. The Hall–Kier alpha value is -2.99. The monoisotopic (exact) mass is 367 g/mol. The summed E-state index contributed by atoms with van der Waals surface area (Å²) in [7, 11) is 0. The number of rotatable bonds is 5. The molecule has 0 aliphatic carbocycles. The van der Waals surface area contributed by atoms with Crippen LogP contribution in [0.3, 0.4) is 0 Å². The number of nitrogens with zero attached hydrogens (tertiary/aromatic N) is 3. The van der Waals surface area contributed by atoms with Gasteiger partial charge in [0.2, 0.25) is 0 Å². The van der Waals surface area contributed by atoms with Crippen molar-refractivity contribution >= 4 is 29.0 Å². The van der Waals surface area contributed by atoms with E-state index in [0.29, 0.717) is 28.9 Å². The van der Waals surface area contributed by atoms with Crippen molar-refractivity contribution < 1.29 is 4.79 Å². The van der Waals surface area contributed by atoms with E-state index in [0.717, 1.165) is 16.8 Å². The number of amides is 1. The second-order valence-corrected chi connectivity index (χ2v) is 6.17. The molecule has 26 heavy (non-hydrogen) atoms. The lowest BCUT2D eigenvalue weighted by atomic mass is 10.2. The predicted molar refractivity (Wildman–Crippen MR) is 102 cm³/mol. The first-order valence-electron chi connectivity index (χ1n) is 8.08. The maximum absolute atomic E-state index is 12.4. The Morgan fingerprint density at radius 3 is 2.65 bits per heavy atom. The molecular formula is C19H18ClN5O. The van der Waals surface area contributed by atoms with E-state index < -0.39 is 0 Å². The second kappa shape index (κ2) is 7.93. The van der Waals surface area contributed by atoms with Crippen molar-refractivity contribution in [2.75, 3.05) is 5.32 Å². The molecule has 3 rings (SSSR count). The zero-order valence-electron chi connectivity index (χ0n) is 14.5. The van der Waals surface area contributed by atoms with Crippen LogP contribution in [-0.4, -0.2) is 20.9 Å². The summed E-state index contributed by atoms with van der Waals surface area (Å²) in [6.45, 7) is 4.07. The molecule has 2 N–H and O–H groups in total. The third-order valence-corrected chi connectivity index (χ3v) is 4.21. The standard InChI is InChI=1S/C19H18ClN5O/c1-12-15(20)4-3-5-16(12)25-18-10-17(23-13(2)24-18)19(26)22-11-14-6-8-21-9-7-14/h3-10H,11H2,1-2H3,(H,22,26)(H,23,24,25). The second-order valence-electron chi connectivity index (χ2n) is 5.76. The van der Waals surface area contributed by atoms with Gasteiger partial charge in [-0.2, -0.15) is 0 Å². The summed E-state index contributed by atoms with van der Waals surface area (Å²) in [4.78, 5) is 25.0. The number of pyridine rings is 1. The first-order chi connectivity index (χ1) is 12.5. The summed E-state index contributed by atoms with van der Waals surface area (Å²) < 4.78 is 0. The van der Waals surface area contributed by atoms with Crippen LogP contribution in [0.1, 0.15) is 27.4 Å². The van der Waals surface area contributed by atoms with Crippen LogP contribution >= 0.6 is 11.6 Å². The van der Waals surface area contributed by atoms with E-state index in [-0.39, 0.29) is 5.91 Å². The number of anilines is 2. The van der Waals surface area contributed by atoms with Crippen molar-refractivity contribution in [3.63, 3.8) is 0 Å². The van der Waals surface area contributed by atoms with Gasteiger partial charge in [-0.1, -0.05) is 17.7 Å². The molecule has 0 saturated heterocycles. The van der Waals surface area contributed by atoms with Crippen LogP contribution in [0.2, 0.25) is 5.02 Å². The third kappa shape index (κ3) is 4.34. The zero-order valence-corrected chi connectivity index (χ0v) is 15.2. The Morgan fingerprint density at radius 1 is 1.12 bits per heavy atom. The highest BCUT2D eigenvalue weighted by atomic mass is 35.5. The van der Waals surface area contributed by atoms with Crippen molar-refractivity contribution in [1.82, 2.24) is 20.3 Å².